The van der Waals surface area contributed by atoms with Crippen LogP contribution in [0, 0.1) is 5.82 Å². The average molecular weight is 306 g/mol. The zero-order chi connectivity index (χ0) is 15.2. The maximum absolute atomic E-state index is 13.4. The fourth-order valence-electron chi connectivity index (χ4n) is 2.03. The van der Waals surface area contributed by atoms with Crippen LogP contribution in [0.25, 0.3) is 0 Å². The van der Waals surface area contributed by atoms with Gasteiger partial charge < -0.3 is 10.2 Å². The number of anilines is 3. The van der Waals surface area contributed by atoms with Crippen LogP contribution < -0.4 is 10.2 Å². The Morgan fingerprint density at radius 1 is 1.24 bits per heavy atom. The van der Waals surface area contributed by atoms with Gasteiger partial charge >= 0.3 is 0 Å². The lowest BCUT2D eigenvalue weighted by molar-refractivity contribution is 0.627. The number of hydrogen-bond acceptors (Lipinski definition) is 5. The van der Waals surface area contributed by atoms with E-state index in [0.717, 1.165) is 23.9 Å². The molecule has 0 aliphatic carbocycles. The van der Waals surface area contributed by atoms with Gasteiger partial charge in [0.1, 0.15) is 17.5 Å². The highest BCUT2D eigenvalue weighted by atomic mass is 32.2. The minimum absolute atomic E-state index is 0.253. The fourth-order valence-corrected chi connectivity index (χ4v) is 2.41. The van der Waals surface area contributed by atoms with Crippen LogP contribution in [0.4, 0.5) is 21.7 Å². The van der Waals surface area contributed by atoms with Crippen LogP contribution >= 0.6 is 11.8 Å². The SMILES string of the molecule is CCNc1cc(N(CC)c2cccc(F)c2)nc(SC)n1. The summed E-state index contributed by atoms with van der Waals surface area (Å²) in [5, 5.41) is 3.89. The van der Waals surface area contributed by atoms with E-state index in [9.17, 15) is 4.39 Å². The first-order valence-electron chi connectivity index (χ1n) is 6.88. The van der Waals surface area contributed by atoms with Crippen LogP contribution in [0.2, 0.25) is 0 Å². The second kappa shape index (κ2) is 7.26. The van der Waals surface area contributed by atoms with E-state index in [1.165, 1.54) is 23.9 Å². The molecular weight excluding hydrogens is 287 g/mol. The lowest BCUT2D eigenvalue weighted by Crippen LogP contribution is -2.18. The molecule has 21 heavy (non-hydrogen) atoms. The van der Waals surface area contributed by atoms with Gasteiger partial charge in [-0.15, -0.1) is 0 Å². The highest BCUT2D eigenvalue weighted by molar-refractivity contribution is 7.98. The van der Waals surface area contributed by atoms with Gasteiger partial charge in [-0.3, -0.25) is 0 Å². The first-order chi connectivity index (χ1) is 10.2. The van der Waals surface area contributed by atoms with Crippen LogP contribution in [0.15, 0.2) is 35.5 Å². The largest absolute Gasteiger partial charge is 0.370 e. The van der Waals surface area contributed by atoms with E-state index < -0.39 is 0 Å². The summed E-state index contributed by atoms with van der Waals surface area (Å²) in [6.07, 6.45) is 1.94. The van der Waals surface area contributed by atoms with E-state index in [1.807, 2.05) is 37.1 Å². The minimum Gasteiger partial charge on any atom is -0.370 e. The molecule has 6 heteroatoms. The highest BCUT2D eigenvalue weighted by Crippen LogP contribution is 2.27. The number of aromatic nitrogens is 2. The summed E-state index contributed by atoms with van der Waals surface area (Å²) in [7, 11) is 0. The standard InChI is InChI=1S/C15H19FN4S/c1-4-17-13-10-14(19-15(18-13)21-3)20(5-2)12-8-6-7-11(16)9-12/h6-10H,4-5H2,1-3H3,(H,17,18,19). The van der Waals surface area contributed by atoms with Gasteiger partial charge in [0.2, 0.25) is 0 Å². The van der Waals surface area contributed by atoms with Crippen molar-refractivity contribution in [3.05, 3.63) is 36.1 Å². The number of benzene rings is 1. The Bertz CT molecular complexity index is 606. The Labute approximate surface area is 128 Å². The number of thioether (sulfide) groups is 1. The Kier molecular flexibility index (Phi) is 5.38. The normalized spacial score (nSPS) is 10.5. The molecule has 0 aliphatic heterocycles. The molecule has 2 aromatic rings. The van der Waals surface area contributed by atoms with Gasteiger partial charge in [0, 0.05) is 24.8 Å². The molecule has 0 unspecified atom stereocenters. The van der Waals surface area contributed by atoms with Crippen molar-refractivity contribution >= 4 is 29.1 Å². The summed E-state index contributed by atoms with van der Waals surface area (Å²) in [5.74, 6) is 1.29. The predicted octanol–water partition coefficient (Wildman–Crippen LogP) is 3.93. The molecule has 1 heterocycles. The van der Waals surface area contributed by atoms with Gasteiger partial charge in [-0.05, 0) is 38.3 Å². The lowest BCUT2D eigenvalue weighted by atomic mass is 10.2. The first kappa shape index (κ1) is 15.6. The fraction of sp³-hybridized carbons (Fsp3) is 0.333. The van der Waals surface area contributed by atoms with Gasteiger partial charge in [-0.1, -0.05) is 17.8 Å². The van der Waals surface area contributed by atoms with E-state index >= 15 is 0 Å². The average Bonchev–Trinajstić information content (AvgIpc) is 2.48. The summed E-state index contributed by atoms with van der Waals surface area (Å²) in [4.78, 5) is 10.9. The molecule has 0 bridgehead atoms. The number of hydrogen-bond donors (Lipinski definition) is 1. The maximum atomic E-state index is 13.4. The molecule has 0 atom stereocenters. The third-order valence-electron chi connectivity index (χ3n) is 2.95. The zero-order valence-corrected chi connectivity index (χ0v) is 13.2. The van der Waals surface area contributed by atoms with Crippen LogP contribution in [0.3, 0.4) is 0 Å². The van der Waals surface area contributed by atoms with Crippen molar-refractivity contribution in [2.45, 2.75) is 19.0 Å². The topological polar surface area (TPSA) is 41.0 Å². The molecule has 0 saturated carbocycles. The lowest BCUT2D eigenvalue weighted by Gasteiger charge is -2.23. The van der Waals surface area contributed by atoms with Crippen molar-refractivity contribution in [2.75, 3.05) is 29.6 Å². The monoisotopic (exact) mass is 306 g/mol. The van der Waals surface area contributed by atoms with Gasteiger partial charge in [0.15, 0.2) is 5.16 Å². The molecule has 0 saturated heterocycles. The van der Waals surface area contributed by atoms with Crippen molar-refractivity contribution in [1.29, 1.82) is 0 Å². The van der Waals surface area contributed by atoms with Crippen LogP contribution in [0.5, 0.6) is 0 Å². The summed E-state index contributed by atoms with van der Waals surface area (Å²) in [5.41, 5.74) is 0.783. The van der Waals surface area contributed by atoms with Crippen LogP contribution in [-0.4, -0.2) is 29.3 Å². The summed E-state index contributed by atoms with van der Waals surface area (Å²) >= 11 is 1.49. The molecule has 0 radical (unpaired) electrons. The van der Waals surface area contributed by atoms with E-state index in [-0.39, 0.29) is 5.82 Å². The molecular formula is C15H19FN4S. The molecule has 1 aromatic carbocycles. The Hall–Kier alpha value is -1.82. The summed E-state index contributed by atoms with van der Waals surface area (Å²) < 4.78 is 13.4. The summed E-state index contributed by atoms with van der Waals surface area (Å²) in [6.45, 7) is 5.51. The highest BCUT2D eigenvalue weighted by Gasteiger charge is 2.12. The molecule has 1 aromatic heterocycles. The number of rotatable bonds is 6. The third-order valence-corrected chi connectivity index (χ3v) is 3.49. The Balaban J connectivity index is 2.43. The third kappa shape index (κ3) is 3.85. The van der Waals surface area contributed by atoms with Gasteiger partial charge in [-0.2, -0.15) is 0 Å². The second-order valence-corrected chi connectivity index (χ2v) is 5.13. The number of nitrogens with zero attached hydrogens (tertiary/aromatic N) is 3. The zero-order valence-electron chi connectivity index (χ0n) is 12.4. The Morgan fingerprint density at radius 3 is 2.67 bits per heavy atom. The molecule has 0 amide bonds. The van der Waals surface area contributed by atoms with Crippen molar-refractivity contribution in [1.82, 2.24) is 9.97 Å². The quantitative estimate of drug-likeness (QED) is 0.647. The second-order valence-electron chi connectivity index (χ2n) is 4.35. The molecule has 0 spiro atoms. The van der Waals surface area contributed by atoms with Crippen LogP contribution in [-0.2, 0) is 0 Å². The van der Waals surface area contributed by atoms with Gasteiger partial charge in [0.25, 0.3) is 0 Å². The van der Waals surface area contributed by atoms with Crippen molar-refractivity contribution in [3.63, 3.8) is 0 Å². The van der Waals surface area contributed by atoms with Crippen LogP contribution in [0.1, 0.15) is 13.8 Å². The number of nitrogens with one attached hydrogen (secondary N) is 1. The Morgan fingerprint density at radius 2 is 2.05 bits per heavy atom. The van der Waals surface area contributed by atoms with Crippen molar-refractivity contribution in [3.8, 4) is 0 Å². The smallest absolute Gasteiger partial charge is 0.191 e. The number of halogens is 1. The predicted molar refractivity (Wildman–Crippen MR) is 87.1 cm³/mol. The van der Waals surface area contributed by atoms with E-state index in [0.29, 0.717) is 11.7 Å². The molecule has 2 rings (SSSR count). The summed E-state index contributed by atoms with van der Waals surface area (Å²) in [6, 6.07) is 8.42. The molecule has 1 N–H and O–H groups in total. The maximum Gasteiger partial charge on any atom is 0.191 e. The van der Waals surface area contributed by atoms with Gasteiger partial charge in [0.05, 0.1) is 0 Å². The van der Waals surface area contributed by atoms with Crippen molar-refractivity contribution < 1.29 is 4.39 Å². The first-order valence-corrected chi connectivity index (χ1v) is 8.10. The van der Waals surface area contributed by atoms with E-state index in [1.54, 1.807) is 6.07 Å². The molecule has 0 aliphatic rings. The molecule has 112 valence electrons. The molecule has 4 nitrogen and oxygen atoms in total. The van der Waals surface area contributed by atoms with E-state index in [4.69, 9.17) is 0 Å². The van der Waals surface area contributed by atoms with E-state index in [2.05, 4.69) is 15.3 Å². The van der Waals surface area contributed by atoms with Crippen molar-refractivity contribution in [2.24, 2.45) is 0 Å². The minimum atomic E-state index is -0.253. The van der Waals surface area contributed by atoms with Gasteiger partial charge in [-0.25, -0.2) is 14.4 Å². The molecule has 0 fully saturated rings.